The molecule has 3 heterocycles. The second-order valence-corrected chi connectivity index (χ2v) is 9.51. The molecule has 2 atom stereocenters. The third kappa shape index (κ3) is 3.75. The molecule has 3 aliphatic rings. The molecule has 3 aliphatic heterocycles. The van der Waals surface area contributed by atoms with Gasteiger partial charge in [-0.25, -0.2) is 4.79 Å². The number of piperidine rings is 1. The van der Waals surface area contributed by atoms with Crippen molar-refractivity contribution in [2.24, 2.45) is 11.8 Å². The summed E-state index contributed by atoms with van der Waals surface area (Å²) < 4.78 is 5.51. The molecule has 4 rings (SSSR count). The van der Waals surface area contributed by atoms with Crippen molar-refractivity contribution in [3.8, 4) is 0 Å². The van der Waals surface area contributed by atoms with Crippen LogP contribution >= 0.6 is 0 Å². The number of hydrogen-bond donors (Lipinski definition) is 1. The molecule has 1 N–H and O–H groups in total. The first-order valence-corrected chi connectivity index (χ1v) is 10.3. The molecule has 152 valence electrons. The summed E-state index contributed by atoms with van der Waals surface area (Å²) in [5.41, 5.74) is 0.630. The zero-order chi connectivity index (χ0) is 19.9. The Balaban J connectivity index is 1.40. The van der Waals surface area contributed by atoms with Gasteiger partial charge in [-0.2, -0.15) is 0 Å². The Morgan fingerprint density at radius 1 is 1.18 bits per heavy atom. The molecule has 0 aromatic heterocycles. The van der Waals surface area contributed by atoms with Crippen molar-refractivity contribution in [1.82, 2.24) is 15.1 Å². The smallest absolute Gasteiger partial charge is 0.410 e. The van der Waals surface area contributed by atoms with Gasteiger partial charge in [-0.1, -0.05) is 30.3 Å². The number of amides is 2. The first-order chi connectivity index (χ1) is 13.3. The maximum atomic E-state index is 12.7. The molecule has 3 fully saturated rings. The molecule has 2 unspecified atom stereocenters. The van der Waals surface area contributed by atoms with Crippen LogP contribution in [0.1, 0.15) is 39.2 Å². The first kappa shape index (κ1) is 19.2. The predicted octanol–water partition coefficient (Wildman–Crippen LogP) is 2.63. The molecular formula is C22H31N3O3. The Labute approximate surface area is 167 Å². The zero-order valence-electron chi connectivity index (χ0n) is 17.1. The minimum atomic E-state index is -0.484. The predicted molar refractivity (Wildman–Crippen MR) is 107 cm³/mol. The number of likely N-dealkylation sites (tertiary alicyclic amines) is 2. The quantitative estimate of drug-likeness (QED) is 0.850. The van der Waals surface area contributed by atoms with Crippen LogP contribution in [0.4, 0.5) is 4.79 Å². The lowest BCUT2D eigenvalue weighted by molar-refractivity contribution is -0.123. The van der Waals surface area contributed by atoms with Crippen LogP contribution in [0.25, 0.3) is 0 Å². The van der Waals surface area contributed by atoms with Gasteiger partial charge in [0.15, 0.2) is 0 Å². The van der Waals surface area contributed by atoms with Crippen LogP contribution in [0.3, 0.4) is 0 Å². The van der Waals surface area contributed by atoms with Crippen LogP contribution in [0.2, 0.25) is 0 Å². The third-order valence-corrected chi connectivity index (χ3v) is 6.37. The van der Waals surface area contributed by atoms with Crippen molar-refractivity contribution in [1.29, 1.82) is 0 Å². The molecule has 0 saturated carbocycles. The Bertz CT molecular complexity index is 735. The standard InChI is InChI=1S/C22H31N3O3/c1-21(2,3)28-20(27)25-11-9-22(10-12-25)18-15-24(14-17(18)19(26)23-22)13-16-7-5-4-6-8-16/h4-8,17-18H,9-15H2,1-3H3,(H,23,26). The number of carbonyl (C=O) groups excluding carboxylic acids is 2. The number of hydrogen-bond acceptors (Lipinski definition) is 4. The van der Waals surface area contributed by atoms with E-state index in [0.717, 1.165) is 32.5 Å². The van der Waals surface area contributed by atoms with Gasteiger partial charge >= 0.3 is 6.09 Å². The van der Waals surface area contributed by atoms with Gasteiger partial charge < -0.3 is 15.0 Å². The fourth-order valence-electron chi connectivity index (χ4n) is 5.02. The number of fused-ring (bicyclic) bond motifs is 2. The summed E-state index contributed by atoms with van der Waals surface area (Å²) in [6.45, 7) is 9.58. The topological polar surface area (TPSA) is 61.9 Å². The fourth-order valence-corrected chi connectivity index (χ4v) is 5.02. The number of nitrogens with one attached hydrogen (secondary N) is 1. The average Bonchev–Trinajstić information content (AvgIpc) is 3.15. The molecule has 2 amide bonds. The Hall–Kier alpha value is -2.08. The molecule has 1 spiro atoms. The van der Waals surface area contributed by atoms with E-state index in [1.807, 2.05) is 26.8 Å². The molecule has 1 aromatic carbocycles. The van der Waals surface area contributed by atoms with E-state index in [-0.39, 0.29) is 23.5 Å². The van der Waals surface area contributed by atoms with Crippen LogP contribution in [0.15, 0.2) is 30.3 Å². The highest BCUT2D eigenvalue weighted by atomic mass is 16.6. The lowest BCUT2D eigenvalue weighted by Crippen LogP contribution is -2.56. The van der Waals surface area contributed by atoms with Crippen molar-refractivity contribution >= 4 is 12.0 Å². The van der Waals surface area contributed by atoms with Gasteiger partial charge in [-0.15, -0.1) is 0 Å². The number of rotatable bonds is 2. The highest BCUT2D eigenvalue weighted by molar-refractivity contribution is 5.83. The van der Waals surface area contributed by atoms with Gasteiger partial charge in [0.05, 0.1) is 5.92 Å². The normalized spacial score (nSPS) is 27.0. The minimum absolute atomic E-state index is 0.0665. The Morgan fingerprint density at radius 2 is 1.86 bits per heavy atom. The van der Waals surface area contributed by atoms with Crippen molar-refractivity contribution in [2.45, 2.75) is 51.3 Å². The maximum absolute atomic E-state index is 12.7. The third-order valence-electron chi connectivity index (χ3n) is 6.37. The molecule has 6 heteroatoms. The van der Waals surface area contributed by atoms with E-state index >= 15 is 0 Å². The summed E-state index contributed by atoms with van der Waals surface area (Å²) in [5, 5.41) is 3.32. The number of carbonyl (C=O) groups is 2. The second kappa shape index (κ2) is 7.07. The summed E-state index contributed by atoms with van der Waals surface area (Å²) in [7, 11) is 0. The van der Waals surface area contributed by atoms with E-state index < -0.39 is 5.60 Å². The van der Waals surface area contributed by atoms with E-state index in [0.29, 0.717) is 19.0 Å². The van der Waals surface area contributed by atoms with Gasteiger partial charge in [0.1, 0.15) is 5.60 Å². The highest BCUT2D eigenvalue weighted by Crippen LogP contribution is 2.44. The lowest BCUT2D eigenvalue weighted by atomic mass is 9.75. The van der Waals surface area contributed by atoms with Gasteiger partial charge in [-0.3, -0.25) is 9.69 Å². The van der Waals surface area contributed by atoms with Crippen LogP contribution in [0, 0.1) is 11.8 Å². The van der Waals surface area contributed by atoms with Crippen LogP contribution in [-0.2, 0) is 16.1 Å². The number of ether oxygens (including phenoxy) is 1. The number of nitrogens with zero attached hydrogens (tertiary/aromatic N) is 2. The fraction of sp³-hybridized carbons (Fsp3) is 0.636. The second-order valence-electron chi connectivity index (χ2n) is 9.51. The molecule has 28 heavy (non-hydrogen) atoms. The van der Waals surface area contributed by atoms with Crippen molar-refractivity contribution in [3.63, 3.8) is 0 Å². The largest absolute Gasteiger partial charge is 0.444 e. The van der Waals surface area contributed by atoms with Gasteiger partial charge in [0.2, 0.25) is 5.91 Å². The Kier molecular flexibility index (Phi) is 4.86. The zero-order valence-corrected chi connectivity index (χ0v) is 17.1. The summed E-state index contributed by atoms with van der Waals surface area (Å²) in [4.78, 5) is 29.3. The molecule has 0 radical (unpaired) electrons. The minimum Gasteiger partial charge on any atom is -0.444 e. The summed E-state index contributed by atoms with van der Waals surface area (Å²) in [5.74, 6) is 0.576. The lowest BCUT2D eigenvalue weighted by Gasteiger charge is -2.42. The monoisotopic (exact) mass is 385 g/mol. The summed E-state index contributed by atoms with van der Waals surface area (Å²) in [6.07, 6.45) is 1.36. The van der Waals surface area contributed by atoms with E-state index in [9.17, 15) is 9.59 Å². The van der Waals surface area contributed by atoms with Crippen molar-refractivity contribution < 1.29 is 14.3 Å². The maximum Gasteiger partial charge on any atom is 0.410 e. The molecular weight excluding hydrogens is 354 g/mol. The van der Waals surface area contributed by atoms with Gasteiger partial charge in [0.25, 0.3) is 0 Å². The number of benzene rings is 1. The molecule has 1 aromatic rings. The van der Waals surface area contributed by atoms with E-state index in [1.54, 1.807) is 4.90 Å². The molecule has 0 bridgehead atoms. The Morgan fingerprint density at radius 3 is 2.50 bits per heavy atom. The van der Waals surface area contributed by atoms with Gasteiger partial charge in [0, 0.05) is 44.2 Å². The first-order valence-electron chi connectivity index (χ1n) is 10.3. The van der Waals surface area contributed by atoms with Gasteiger partial charge in [-0.05, 0) is 39.2 Å². The van der Waals surface area contributed by atoms with E-state index in [1.165, 1.54) is 5.56 Å². The van der Waals surface area contributed by atoms with E-state index in [2.05, 4.69) is 34.5 Å². The molecule has 3 saturated heterocycles. The highest BCUT2D eigenvalue weighted by Gasteiger charge is 2.57. The van der Waals surface area contributed by atoms with Crippen LogP contribution in [-0.4, -0.2) is 59.1 Å². The van der Waals surface area contributed by atoms with Crippen LogP contribution < -0.4 is 5.32 Å². The van der Waals surface area contributed by atoms with Crippen molar-refractivity contribution in [2.75, 3.05) is 26.2 Å². The van der Waals surface area contributed by atoms with E-state index in [4.69, 9.17) is 4.74 Å². The van der Waals surface area contributed by atoms with Crippen molar-refractivity contribution in [3.05, 3.63) is 35.9 Å². The molecule has 0 aliphatic carbocycles. The SMILES string of the molecule is CC(C)(C)OC(=O)N1CCC2(CC1)NC(=O)C1CN(Cc3ccccc3)CC12. The molecule has 6 nitrogen and oxygen atoms in total. The average molecular weight is 386 g/mol. The summed E-state index contributed by atoms with van der Waals surface area (Å²) in [6, 6.07) is 10.4. The summed E-state index contributed by atoms with van der Waals surface area (Å²) >= 11 is 0. The van der Waals surface area contributed by atoms with Crippen LogP contribution in [0.5, 0.6) is 0 Å².